The van der Waals surface area contributed by atoms with Crippen LogP contribution in [0.3, 0.4) is 0 Å². The van der Waals surface area contributed by atoms with Gasteiger partial charge in [0, 0.05) is 41.5 Å². The summed E-state index contributed by atoms with van der Waals surface area (Å²) in [4.78, 5) is 15.8. The predicted octanol–water partition coefficient (Wildman–Crippen LogP) is 5.28. The fourth-order valence-corrected chi connectivity index (χ4v) is 4.70. The minimum Gasteiger partial charge on any atom is -0.492 e. The first-order valence-electron chi connectivity index (χ1n) is 11.5. The van der Waals surface area contributed by atoms with E-state index >= 15 is 0 Å². The Kier molecular flexibility index (Phi) is 7.10. The smallest absolute Gasteiger partial charge is 0.255 e. The van der Waals surface area contributed by atoms with Gasteiger partial charge in [-0.25, -0.2) is 0 Å². The molecule has 0 aliphatic rings. The summed E-state index contributed by atoms with van der Waals surface area (Å²) in [5, 5.41) is 6.14. The van der Waals surface area contributed by atoms with Crippen molar-refractivity contribution in [2.24, 2.45) is 7.05 Å². The molecule has 0 bridgehead atoms. The van der Waals surface area contributed by atoms with E-state index in [1.165, 1.54) is 5.56 Å². The summed E-state index contributed by atoms with van der Waals surface area (Å²) in [5.41, 5.74) is 4.89. The second-order valence-electron chi connectivity index (χ2n) is 8.79. The van der Waals surface area contributed by atoms with Gasteiger partial charge in [-0.15, -0.1) is 0 Å². The molecule has 2 heterocycles. The van der Waals surface area contributed by atoms with Crippen LogP contribution in [-0.2, 0) is 20.1 Å². The Hall–Kier alpha value is -3.09. The maximum atomic E-state index is 13.6. The zero-order chi connectivity index (χ0) is 24.4. The third-order valence-electron chi connectivity index (χ3n) is 6.52. The van der Waals surface area contributed by atoms with Crippen LogP contribution in [0, 0.1) is 13.8 Å². The van der Waals surface area contributed by atoms with Gasteiger partial charge in [0.05, 0.1) is 17.8 Å². The van der Waals surface area contributed by atoms with Gasteiger partial charge in [0.25, 0.3) is 5.56 Å². The van der Waals surface area contributed by atoms with Crippen molar-refractivity contribution >= 4 is 22.5 Å². The Morgan fingerprint density at radius 2 is 1.85 bits per heavy atom. The highest BCUT2D eigenvalue weighted by atomic mass is 35.5. The molecule has 0 saturated carbocycles. The van der Waals surface area contributed by atoms with Gasteiger partial charge in [-0.3, -0.25) is 14.4 Å². The Morgan fingerprint density at radius 3 is 2.53 bits per heavy atom. The van der Waals surface area contributed by atoms with E-state index in [4.69, 9.17) is 16.3 Å². The van der Waals surface area contributed by atoms with E-state index in [0.717, 1.165) is 33.6 Å². The molecule has 2 aromatic heterocycles. The van der Waals surface area contributed by atoms with Gasteiger partial charge in [0.2, 0.25) is 0 Å². The summed E-state index contributed by atoms with van der Waals surface area (Å²) < 4.78 is 9.56. The lowest BCUT2D eigenvalue weighted by molar-refractivity contribution is 0.249. The second-order valence-corrected chi connectivity index (χ2v) is 9.23. The van der Waals surface area contributed by atoms with Crippen LogP contribution in [0.1, 0.15) is 35.5 Å². The Labute approximate surface area is 205 Å². The van der Waals surface area contributed by atoms with E-state index in [0.29, 0.717) is 24.7 Å². The normalized spacial score (nSPS) is 12.4. The third-order valence-corrected chi connectivity index (χ3v) is 6.76. The number of hydrogen-bond acceptors (Lipinski definition) is 4. The lowest BCUT2D eigenvalue weighted by Crippen LogP contribution is -2.31. The van der Waals surface area contributed by atoms with Crippen molar-refractivity contribution in [2.45, 2.75) is 39.9 Å². The number of para-hydroxylation sites is 1. The number of halogens is 1. The number of ether oxygens (including phenoxy) is 1. The molecule has 4 aromatic rings. The van der Waals surface area contributed by atoms with E-state index in [1.54, 1.807) is 4.57 Å². The number of aryl methyl sites for hydroxylation is 2. The maximum Gasteiger partial charge on any atom is 0.255 e. The first-order valence-corrected chi connectivity index (χ1v) is 11.8. The van der Waals surface area contributed by atoms with Crippen molar-refractivity contribution < 1.29 is 4.74 Å². The summed E-state index contributed by atoms with van der Waals surface area (Å²) in [5.74, 6) is 0.782. The maximum absolute atomic E-state index is 13.6. The number of benzene rings is 2. The van der Waals surface area contributed by atoms with E-state index in [2.05, 4.69) is 23.8 Å². The molecule has 0 amide bonds. The molecule has 1 unspecified atom stereocenters. The molecule has 34 heavy (non-hydrogen) atoms. The molecular formula is C27H31ClN4O2. The van der Waals surface area contributed by atoms with Gasteiger partial charge in [-0.05, 0) is 63.5 Å². The van der Waals surface area contributed by atoms with Crippen molar-refractivity contribution in [1.82, 2.24) is 19.2 Å². The lowest BCUT2D eigenvalue weighted by Gasteiger charge is -2.26. The Morgan fingerprint density at radius 1 is 1.12 bits per heavy atom. The molecule has 2 aromatic carbocycles. The number of hydrogen-bond donors (Lipinski definition) is 0. The fraction of sp³-hybridized carbons (Fsp3) is 0.333. The van der Waals surface area contributed by atoms with Crippen LogP contribution in [0.2, 0.25) is 5.02 Å². The van der Waals surface area contributed by atoms with E-state index < -0.39 is 0 Å². The molecule has 178 valence electrons. The van der Waals surface area contributed by atoms with Crippen molar-refractivity contribution in [3.05, 3.63) is 92.5 Å². The molecule has 0 saturated heterocycles. The van der Waals surface area contributed by atoms with Crippen molar-refractivity contribution in [3.8, 4) is 5.75 Å². The minimum absolute atomic E-state index is 0.0230. The molecule has 0 aliphatic carbocycles. The molecule has 7 heteroatoms. The van der Waals surface area contributed by atoms with Gasteiger partial charge >= 0.3 is 0 Å². The average Bonchev–Trinajstić information content (AvgIpc) is 3.07. The lowest BCUT2D eigenvalue weighted by atomic mass is 10.0. The van der Waals surface area contributed by atoms with Crippen LogP contribution in [0.25, 0.3) is 10.9 Å². The van der Waals surface area contributed by atoms with Crippen LogP contribution in [-0.4, -0.2) is 32.9 Å². The van der Waals surface area contributed by atoms with E-state index in [9.17, 15) is 4.79 Å². The molecular weight excluding hydrogens is 448 g/mol. The summed E-state index contributed by atoms with van der Waals surface area (Å²) >= 11 is 6.28. The molecule has 0 fully saturated rings. The fourth-order valence-electron chi connectivity index (χ4n) is 4.53. The van der Waals surface area contributed by atoms with Gasteiger partial charge in [-0.2, -0.15) is 5.10 Å². The standard InChI is InChI=1S/C27H31ClN4O2/c1-18-26(20(3)31(5)29-18)19(2)30(4)17-22-15-21-11-12-23(28)16-25(21)32(27(22)33)13-14-34-24-9-7-6-8-10-24/h6-12,15-16,19H,13-14,17H2,1-5H3. The minimum atomic E-state index is -0.0230. The van der Waals surface area contributed by atoms with Crippen molar-refractivity contribution in [1.29, 1.82) is 0 Å². The first-order chi connectivity index (χ1) is 16.3. The second kappa shape index (κ2) is 10.0. The average molecular weight is 479 g/mol. The van der Waals surface area contributed by atoms with Crippen LogP contribution >= 0.6 is 11.6 Å². The highest BCUT2D eigenvalue weighted by Crippen LogP contribution is 2.27. The van der Waals surface area contributed by atoms with Gasteiger partial charge in [-0.1, -0.05) is 35.9 Å². The van der Waals surface area contributed by atoms with Crippen molar-refractivity contribution in [2.75, 3.05) is 13.7 Å². The van der Waals surface area contributed by atoms with Crippen molar-refractivity contribution in [3.63, 3.8) is 0 Å². The third kappa shape index (κ3) is 4.88. The quantitative estimate of drug-likeness (QED) is 0.346. The van der Waals surface area contributed by atoms with E-state index in [1.807, 2.05) is 80.3 Å². The molecule has 0 aliphatic heterocycles. The molecule has 0 spiro atoms. The highest BCUT2D eigenvalue weighted by molar-refractivity contribution is 6.31. The number of fused-ring (bicyclic) bond motifs is 1. The van der Waals surface area contributed by atoms with E-state index in [-0.39, 0.29) is 11.6 Å². The monoisotopic (exact) mass is 478 g/mol. The molecule has 1 atom stereocenters. The van der Waals surface area contributed by atoms with Crippen LogP contribution < -0.4 is 10.3 Å². The zero-order valence-electron chi connectivity index (χ0n) is 20.4. The largest absolute Gasteiger partial charge is 0.492 e. The Balaban J connectivity index is 1.64. The number of rotatable bonds is 8. The number of pyridine rings is 1. The van der Waals surface area contributed by atoms with Crippen LogP contribution in [0.5, 0.6) is 5.75 Å². The topological polar surface area (TPSA) is 52.3 Å². The summed E-state index contributed by atoms with van der Waals surface area (Å²) in [6.45, 7) is 7.61. The van der Waals surface area contributed by atoms with Gasteiger partial charge in [0.15, 0.2) is 0 Å². The predicted molar refractivity (Wildman–Crippen MR) is 138 cm³/mol. The van der Waals surface area contributed by atoms with Gasteiger partial charge < -0.3 is 9.30 Å². The Bertz CT molecular complexity index is 1360. The number of nitrogens with zero attached hydrogens (tertiary/aromatic N) is 4. The molecule has 4 rings (SSSR count). The molecule has 6 nitrogen and oxygen atoms in total. The molecule has 0 radical (unpaired) electrons. The summed E-state index contributed by atoms with van der Waals surface area (Å²) in [7, 11) is 4.01. The molecule has 0 N–H and O–H groups in total. The first kappa shape index (κ1) is 24.0. The zero-order valence-corrected chi connectivity index (χ0v) is 21.1. The summed E-state index contributed by atoms with van der Waals surface area (Å²) in [6, 6.07) is 17.4. The SMILES string of the molecule is Cc1nn(C)c(C)c1C(C)N(C)Cc1cc2ccc(Cl)cc2n(CCOc2ccccc2)c1=O. The number of aromatic nitrogens is 3. The summed E-state index contributed by atoms with van der Waals surface area (Å²) in [6.07, 6.45) is 0. The van der Waals surface area contributed by atoms with Crippen LogP contribution in [0.4, 0.5) is 0 Å². The van der Waals surface area contributed by atoms with Gasteiger partial charge in [0.1, 0.15) is 12.4 Å². The highest BCUT2D eigenvalue weighted by Gasteiger charge is 2.21. The van der Waals surface area contributed by atoms with Crippen LogP contribution in [0.15, 0.2) is 59.4 Å².